The van der Waals surface area contributed by atoms with Gasteiger partial charge in [0, 0.05) is 19.0 Å². The predicted molar refractivity (Wildman–Crippen MR) is 130 cm³/mol. The van der Waals surface area contributed by atoms with Gasteiger partial charge in [0.15, 0.2) is 11.5 Å². The molecule has 0 saturated heterocycles. The Kier molecular flexibility index (Phi) is 8.79. The molecule has 1 amide bonds. The maximum Gasteiger partial charge on any atom is 0.241 e. The number of ether oxygens (including phenoxy) is 3. The summed E-state index contributed by atoms with van der Waals surface area (Å²) in [5.74, 6) is 1.44. The van der Waals surface area contributed by atoms with E-state index < -0.39 is 22.0 Å². The Hall–Kier alpha value is -2.78. The molecule has 0 bridgehead atoms. The molecule has 2 aromatic carbocycles. The van der Waals surface area contributed by atoms with Gasteiger partial charge in [-0.1, -0.05) is 39.8 Å². The summed E-state index contributed by atoms with van der Waals surface area (Å²) in [7, 11) is -3.96. The highest BCUT2D eigenvalue weighted by molar-refractivity contribution is 7.89. The first-order valence-corrected chi connectivity index (χ1v) is 13.1. The van der Waals surface area contributed by atoms with Crippen LogP contribution < -0.4 is 24.2 Å². The van der Waals surface area contributed by atoms with Crippen molar-refractivity contribution in [2.45, 2.75) is 51.6 Å². The molecule has 34 heavy (non-hydrogen) atoms. The van der Waals surface area contributed by atoms with Crippen molar-refractivity contribution < 1.29 is 27.4 Å². The molecule has 3 rings (SSSR count). The summed E-state index contributed by atoms with van der Waals surface area (Å²) in [6, 6.07) is 11.0. The molecule has 9 heteroatoms. The molecule has 1 aliphatic heterocycles. The number of benzene rings is 2. The van der Waals surface area contributed by atoms with Gasteiger partial charge in [0.1, 0.15) is 11.8 Å². The van der Waals surface area contributed by atoms with Crippen molar-refractivity contribution in [1.29, 1.82) is 0 Å². The zero-order valence-corrected chi connectivity index (χ0v) is 21.0. The number of rotatable bonds is 10. The monoisotopic (exact) mass is 490 g/mol. The number of carbonyl (C=O) groups is 1. The van der Waals surface area contributed by atoms with Gasteiger partial charge in [0.2, 0.25) is 15.9 Å². The molecular weight excluding hydrogens is 456 g/mol. The third kappa shape index (κ3) is 7.11. The van der Waals surface area contributed by atoms with E-state index in [4.69, 9.17) is 14.2 Å². The standard InChI is InChI=1S/C25H34N2O6S/c1-17(2)16-33-20-8-6-19(7-9-20)15-26-25(28)24(18(3)4)27-34(29,30)21-10-11-22-23(14-21)32-13-5-12-31-22/h6-11,14,17-18,24,27H,5,12-13,15-16H2,1-4H3,(H,26,28). The van der Waals surface area contributed by atoms with Crippen LogP contribution in [0.15, 0.2) is 47.4 Å². The van der Waals surface area contributed by atoms with Crippen LogP contribution in [-0.4, -0.2) is 40.2 Å². The lowest BCUT2D eigenvalue weighted by molar-refractivity contribution is -0.123. The molecule has 0 aromatic heterocycles. The molecule has 0 aliphatic carbocycles. The van der Waals surface area contributed by atoms with Gasteiger partial charge in [-0.3, -0.25) is 4.79 Å². The van der Waals surface area contributed by atoms with Gasteiger partial charge < -0.3 is 19.5 Å². The van der Waals surface area contributed by atoms with Crippen LogP contribution in [0.3, 0.4) is 0 Å². The van der Waals surface area contributed by atoms with E-state index in [1.807, 2.05) is 24.3 Å². The summed E-state index contributed by atoms with van der Waals surface area (Å²) in [6.07, 6.45) is 0.721. The predicted octanol–water partition coefficient (Wildman–Crippen LogP) is 3.50. The van der Waals surface area contributed by atoms with E-state index >= 15 is 0 Å². The number of hydrogen-bond acceptors (Lipinski definition) is 6. The molecule has 1 unspecified atom stereocenters. The number of hydrogen-bond donors (Lipinski definition) is 2. The maximum atomic E-state index is 13.0. The van der Waals surface area contributed by atoms with E-state index in [2.05, 4.69) is 23.9 Å². The quantitative estimate of drug-likeness (QED) is 0.528. The zero-order chi connectivity index (χ0) is 24.7. The zero-order valence-electron chi connectivity index (χ0n) is 20.2. The fourth-order valence-corrected chi connectivity index (χ4v) is 4.66. The number of fused-ring (bicyclic) bond motifs is 1. The molecule has 2 N–H and O–H groups in total. The molecule has 2 aromatic rings. The average molecular weight is 491 g/mol. The summed E-state index contributed by atoms with van der Waals surface area (Å²) in [5, 5.41) is 2.83. The average Bonchev–Trinajstić information content (AvgIpc) is 3.05. The molecule has 0 saturated carbocycles. The van der Waals surface area contributed by atoms with Crippen molar-refractivity contribution in [1.82, 2.24) is 10.0 Å². The summed E-state index contributed by atoms with van der Waals surface area (Å²) < 4.78 is 45.5. The first-order valence-electron chi connectivity index (χ1n) is 11.6. The molecule has 1 atom stereocenters. The van der Waals surface area contributed by atoms with Gasteiger partial charge in [-0.2, -0.15) is 4.72 Å². The number of sulfonamides is 1. The van der Waals surface area contributed by atoms with Crippen molar-refractivity contribution in [3.05, 3.63) is 48.0 Å². The normalized spacial score (nSPS) is 14.5. The molecule has 0 fully saturated rings. The van der Waals surface area contributed by atoms with Gasteiger partial charge in [-0.15, -0.1) is 0 Å². The fraction of sp³-hybridized carbons (Fsp3) is 0.480. The molecule has 0 radical (unpaired) electrons. The van der Waals surface area contributed by atoms with Crippen LogP contribution in [0, 0.1) is 11.8 Å². The van der Waals surface area contributed by atoms with E-state index in [1.54, 1.807) is 19.9 Å². The third-order valence-corrected chi connectivity index (χ3v) is 6.67. The Morgan fingerprint density at radius 2 is 1.68 bits per heavy atom. The molecule has 1 heterocycles. The first-order chi connectivity index (χ1) is 16.2. The summed E-state index contributed by atoms with van der Waals surface area (Å²) >= 11 is 0. The molecular formula is C25H34N2O6S. The van der Waals surface area contributed by atoms with Crippen LogP contribution in [0.5, 0.6) is 17.2 Å². The second kappa shape index (κ2) is 11.6. The van der Waals surface area contributed by atoms with Crippen molar-refractivity contribution in [3.63, 3.8) is 0 Å². The first kappa shape index (κ1) is 25.8. The minimum absolute atomic E-state index is 0.0205. The van der Waals surface area contributed by atoms with Gasteiger partial charge in [-0.25, -0.2) is 8.42 Å². The van der Waals surface area contributed by atoms with Gasteiger partial charge >= 0.3 is 0 Å². The Morgan fingerprint density at radius 1 is 1.00 bits per heavy atom. The highest BCUT2D eigenvalue weighted by atomic mass is 32.2. The summed E-state index contributed by atoms with van der Waals surface area (Å²) in [4.78, 5) is 12.9. The third-order valence-electron chi connectivity index (χ3n) is 5.23. The highest BCUT2D eigenvalue weighted by Gasteiger charge is 2.29. The Labute approximate surface area is 202 Å². The summed E-state index contributed by atoms with van der Waals surface area (Å²) in [5.41, 5.74) is 0.888. The van der Waals surface area contributed by atoms with Crippen LogP contribution >= 0.6 is 0 Å². The minimum atomic E-state index is -3.96. The minimum Gasteiger partial charge on any atom is -0.493 e. The maximum absolute atomic E-state index is 13.0. The van der Waals surface area contributed by atoms with E-state index in [-0.39, 0.29) is 17.4 Å². The van der Waals surface area contributed by atoms with E-state index in [9.17, 15) is 13.2 Å². The molecule has 8 nitrogen and oxygen atoms in total. The number of amides is 1. The molecule has 0 spiro atoms. The second-order valence-corrected chi connectivity index (χ2v) is 10.8. The van der Waals surface area contributed by atoms with E-state index in [1.165, 1.54) is 12.1 Å². The second-order valence-electron chi connectivity index (χ2n) is 9.07. The van der Waals surface area contributed by atoms with Crippen LogP contribution in [0.25, 0.3) is 0 Å². The molecule has 1 aliphatic rings. The topological polar surface area (TPSA) is 103 Å². The van der Waals surface area contributed by atoms with Gasteiger partial charge in [0.25, 0.3) is 0 Å². The van der Waals surface area contributed by atoms with Crippen molar-refractivity contribution in [2.75, 3.05) is 19.8 Å². The summed E-state index contributed by atoms with van der Waals surface area (Å²) in [6.45, 7) is 9.63. The van der Waals surface area contributed by atoms with Crippen LogP contribution in [0.2, 0.25) is 0 Å². The van der Waals surface area contributed by atoms with Crippen LogP contribution in [0.1, 0.15) is 39.7 Å². The van der Waals surface area contributed by atoms with Gasteiger partial charge in [-0.05, 0) is 41.7 Å². The van der Waals surface area contributed by atoms with Crippen molar-refractivity contribution >= 4 is 15.9 Å². The number of nitrogens with one attached hydrogen (secondary N) is 2. The SMILES string of the molecule is CC(C)COc1ccc(CNC(=O)C(NS(=O)(=O)c2ccc3c(c2)OCCCO3)C(C)C)cc1. The Balaban J connectivity index is 1.64. The molecule has 186 valence electrons. The van der Waals surface area contributed by atoms with E-state index in [0.717, 1.165) is 17.7 Å². The lowest BCUT2D eigenvalue weighted by atomic mass is 10.0. The fourth-order valence-electron chi connectivity index (χ4n) is 3.30. The van der Waals surface area contributed by atoms with Gasteiger partial charge in [0.05, 0.1) is 24.7 Å². The number of carbonyl (C=O) groups excluding carboxylic acids is 1. The van der Waals surface area contributed by atoms with Crippen molar-refractivity contribution in [3.8, 4) is 17.2 Å². The Bertz CT molecular complexity index is 1070. The lowest BCUT2D eigenvalue weighted by Gasteiger charge is -2.22. The van der Waals surface area contributed by atoms with E-state index in [0.29, 0.717) is 37.2 Å². The van der Waals surface area contributed by atoms with Crippen LogP contribution in [0.4, 0.5) is 0 Å². The lowest BCUT2D eigenvalue weighted by Crippen LogP contribution is -2.49. The largest absolute Gasteiger partial charge is 0.493 e. The van der Waals surface area contributed by atoms with Crippen LogP contribution in [-0.2, 0) is 21.4 Å². The van der Waals surface area contributed by atoms with Crippen molar-refractivity contribution in [2.24, 2.45) is 11.8 Å². The Morgan fingerprint density at radius 3 is 2.32 bits per heavy atom. The highest BCUT2D eigenvalue weighted by Crippen LogP contribution is 2.32. The smallest absolute Gasteiger partial charge is 0.241 e.